The summed E-state index contributed by atoms with van der Waals surface area (Å²) >= 11 is 0. The number of hydrogen-bond donors (Lipinski definition) is 1. The second kappa shape index (κ2) is 6.46. The predicted octanol–water partition coefficient (Wildman–Crippen LogP) is 1.83. The van der Waals surface area contributed by atoms with Crippen molar-refractivity contribution in [3.63, 3.8) is 0 Å². The zero-order valence-corrected chi connectivity index (χ0v) is 13.3. The number of nitrogens with zero attached hydrogens (tertiary/aromatic N) is 1. The lowest BCUT2D eigenvalue weighted by atomic mass is 10.0. The lowest BCUT2D eigenvalue weighted by molar-refractivity contribution is -0.138. The molecule has 2 N–H and O–H groups in total. The molecule has 2 rings (SSSR count). The summed E-state index contributed by atoms with van der Waals surface area (Å²) in [6.45, 7) is 6.53. The first-order chi connectivity index (χ1) is 8.93. The van der Waals surface area contributed by atoms with Crippen molar-refractivity contribution in [1.29, 1.82) is 0 Å². The monoisotopic (exact) mass is 298 g/mol. The van der Waals surface area contributed by atoms with Gasteiger partial charge < -0.3 is 15.4 Å². The van der Waals surface area contributed by atoms with E-state index >= 15 is 0 Å². The normalized spacial score (nSPS) is 17.8. The minimum absolute atomic E-state index is 0. The fourth-order valence-electron chi connectivity index (χ4n) is 2.25. The summed E-state index contributed by atoms with van der Waals surface area (Å²) in [5, 5.41) is 0. The van der Waals surface area contributed by atoms with Crippen molar-refractivity contribution < 1.29 is 9.53 Å². The molecule has 1 heterocycles. The average Bonchev–Trinajstić information content (AvgIpc) is 2.79. The third-order valence-electron chi connectivity index (χ3n) is 3.98. The van der Waals surface area contributed by atoms with Crippen LogP contribution in [0.15, 0.2) is 12.1 Å². The molecule has 5 heteroatoms. The number of halogens is 1. The van der Waals surface area contributed by atoms with Gasteiger partial charge in [0.25, 0.3) is 5.91 Å². The zero-order valence-electron chi connectivity index (χ0n) is 12.5. The molecular weight excluding hydrogens is 276 g/mol. The van der Waals surface area contributed by atoms with Crippen molar-refractivity contribution in [2.75, 3.05) is 13.6 Å². The maximum atomic E-state index is 12.3. The van der Waals surface area contributed by atoms with Gasteiger partial charge >= 0.3 is 0 Å². The number of ether oxygens (including phenoxy) is 1. The Hall–Kier alpha value is -1.26. The molecule has 0 saturated carbocycles. The van der Waals surface area contributed by atoms with Crippen molar-refractivity contribution in [3.8, 4) is 5.75 Å². The van der Waals surface area contributed by atoms with Gasteiger partial charge in [0.1, 0.15) is 5.75 Å². The van der Waals surface area contributed by atoms with Crippen molar-refractivity contribution in [2.45, 2.75) is 39.3 Å². The summed E-state index contributed by atoms with van der Waals surface area (Å²) in [6, 6.07) is 4.16. The summed E-state index contributed by atoms with van der Waals surface area (Å²) in [5.74, 6) is 0.847. The smallest absolute Gasteiger partial charge is 0.264 e. The van der Waals surface area contributed by atoms with E-state index in [1.807, 2.05) is 13.0 Å². The van der Waals surface area contributed by atoms with E-state index in [9.17, 15) is 4.79 Å². The molecule has 0 saturated heterocycles. The second-order valence-electron chi connectivity index (χ2n) is 5.39. The number of carbonyl (C=O) groups excluding carboxylic acids is 1. The summed E-state index contributed by atoms with van der Waals surface area (Å²) in [6.07, 6.45) is 0.242. The first-order valence-corrected chi connectivity index (χ1v) is 6.67. The Bertz CT molecular complexity index is 474. The average molecular weight is 299 g/mol. The minimum atomic E-state index is -0.407. The van der Waals surface area contributed by atoms with Crippen LogP contribution in [-0.2, 0) is 11.2 Å². The minimum Gasteiger partial charge on any atom is -0.480 e. The Morgan fingerprint density at radius 2 is 2.05 bits per heavy atom. The van der Waals surface area contributed by atoms with E-state index in [0.29, 0.717) is 13.0 Å². The van der Waals surface area contributed by atoms with Crippen LogP contribution in [-0.4, -0.2) is 36.5 Å². The van der Waals surface area contributed by atoms with Gasteiger partial charge in [0.05, 0.1) is 0 Å². The fourth-order valence-corrected chi connectivity index (χ4v) is 2.25. The van der Waals surface area contributed by atoms with E-state index < -0.39 is 6.10 Å². The van der Waals surface area contributed by atoms with E-state index in [-0.39, 0.29) is 24.4 Å². The van der Waals surface area contributed by atoms with E-state index in [4.69, 9.17) is 10.5 Å². The van der Waals surface area contributed by atoms with Crippen LogP contribution in [0.1, 0.15) is 23.6 Å². The topological polar surface area (TPSA) is 55.6 Å². The number of carbonyl (C=O) groups is 1. The highest BCUT2D eigenvalue weighted by Gasteiger charge is 2.32. The van der Waals surface area contributed by atoms with Gasteiger partial charge in [-0.1, -0.05) is 6.07 Å². The van der Waals surface area contributed by atoms with E-state index in [1.165, 1.54) is 11.1 Å². The molecule has 1 amide bonds. The molecule has 0 aromatic heterocycles. The molecule has 4 nitrogen and oxygen atoms in total. The molecule has 0 fully saturated rings. The molecule has 1 aliphatic heterocycles. The zero-order chi connectivity index (χ0) is 14.2. The number of aryl methyl sites for hydroxylation is 2. The largest absolute Gasteiger partial charge is 0.480 e. The lowest BCUT2D eigenvalue weighted by Gasteiger charge is -2.26. The summed E-state index contributed by atoms with van der Waals surface area (Å²) in [5.41, 5.74) is 9.14. The van der Waals surface area contributed by atoms with Crippen molar-refractivity contribution >= 4 is 18.3 Å². The molecule has 0 spiro atoms. The Kier molecular flexibility index (Phi) is 5.42. The van der Waals surface area contributed by atoms with Crippen molar-refractivity contribution in [1.82, 2.24) is 4.90 Å². The van der Waals surface area contributed by atoms with Crippen molar-refractivity contribution in [3.05, 3.63) is 28.8 Å². The highest BCUT2D eigenvalue weighted by Crippen LogP contribution is 2.32. The maximum absolute atomic E-state index is 12.3. The SMILES string of the molecule is Cc1cc2c(cc1C)OC(C(=O)N(C)C(C)CN)C2.Cl. The van der Waals surface area contributed by atoms with Gasteiger partial charge in [0.15, 0.2) is 6.10 Å². The molecule has 2 unspecified atom stereocenters. The molecule has 2 atom stereocenters. The molecule has 1 aromatic carbocycles. The molecule has 0 bridgehead atoms. The molecular formula is C15H23ClN2O2. The molecule has 0 radical (unpaired) electrons. The number of hydrogen-bond acceptors (Lipinski definition) is 3. The number of rotatable bonds is 3. The second-order valence-corrected chi connectivity index (χ2v) is 5.39. The van der Waals surface area contributed by atoms with Gasteiger partial charge in [-0.2, -0.15) is 0 Å². The Morgan fingerprint density at radius 1 is 1.45 bits per heavy atom. The van der Waals surface area contributed by atoms with Gasteiger partial charge in [-0.3, -0.25) is 4.79 Å². The van der Waals surface area contributed by atoms with Crippen molar-refractivity contribution in [2.24, 2.45) is 5.73 Å². The van der Waals surface area contributed by atoms with Crippen LogP contribution in [0, 0.1) is 13.8 Å². The number of fused-ring (bicyclic) bond motifs is 1. The standard InChI is InChI=1S/C15H22N2O2.ClH/c1-9-5-12-7-14(19-13(12)6-10(9)2)15(18)17(4)11(3)8-16;/h5-6,11,14H,7-8,16H2,1-4H3;1H. The van der Waals surface area contributed by atoms with Gasteiger partial charge in [-0.15, -0.1) is 12.4 Å². The van der Waals surface area contributed by atoms with Crippen LogP contribution >= 0.6 is 12.4 Å². The molecule has 1 aromatic rings. The van der Waals surface area contributed by atoms with Crippen LogP contribution in [0.5, 0.6) is 5.75 Å². The van der Waals surface area contributed by atoms with Crippen LogP contribution in [0.3, 0.4) is 0 Å². The predicted molar refractivity (Wildman–Crippen MR) is 82.6 cm³/mol. The van der Waals surface area contributed by atoms with E-state index in [1.54, 1.807) is 11.9 Å². The van der Waals surface area contributed by atoms with Gasteiger partial charge in [-0.25, -0.2) is 0 Å². The number of nitrogens with two attached hydrogens (primary N) is 1. The van der Waals surface area contributed by atoms with Crippen LogP contribution in [0.4, 0.5) is 0 Å². The quantitative estimate of drug-likeness (QED) is 0.926. The van der Waals surface area contributed by atoms with Crippen LogP contribution < -0.4 is 10.5 Å². The third kappa shape index (κ3) is 3.07. The summed E-state index contributed by atoms with van der Waals surface area (Å²) < 4.78 is 5.79. The van der Waals surface area contributed by atoms with Crippen LogP contribution in [0.25, 0.3) is 0 Å². The lowest BCUT2D eigenvalue weighted by Crippen LogP contribution is -2.46. The summed E-state index contributed by atoms with van der Waals surface area (Å²) in [4.78, 5) is 14.0. The highest BCUT2D eigenvalue weighted by molar-refractivity contribution is 5.85. The van der Waals surface area contributed by atoms with E-state index in [2.05, 4.69) is 19.9 Å². The number of likely N-dealkylation sites (N-methyl/N-ethyl adjacent to an activating group) is 1. The Balaban J connectivity index is 0.00000200. The first-order valence-electron chi connectivity index (χ1n) is 6.67. The third-order valence-corrected chi connectivity index (χ3v) is 3.98. The number of amides is 1. The molecule has 112 valence electrons. The first kappa shape index (κ1) is 16.8. The molecule has 0 aliphatic carbocycles. The maximum Gasteiger partial charge on any atom is 0.264 e. The van der Waals surface area contributed by atoms with E-state index in [0.717, 1.165) is 11.3 Å². The molecule has 20 heavy (non-hydrogen) atoms. The molecule has 1 aliphatic rings. The number of benzene rings is 1. The van der Waals surface area contributed by atoms with Gasteiger partial charge in [0.2, 0.25) is 0 Å². The summed E-state index contributed by atoms with van der Waals surface area (Å²) in [7, 11) is 1.78. The highest BCUT2D eigenvalue weighted by atomic mass is 35.5. The fraction of sp³-hybridized carbons (Fsp3) is 0.533. The Morgan fingerprint density at radius 3 is 2.65 bits per heavy atom. The Labute approximate surface area is 126 Å². The van der Waals surface area contributed by atoms with Gasteiger partial charge in [0, 0.05) is 26.1 Å². The van der Waals surface area contributed by atoms with Gasteiger partial charge in [-0.05, 0) is 43.5 Å². The van der Waals surface area contributed by atoms with Crippen LogP contribution in [0.2, 0.25) is 0 Å².